The van der Waals surface area contributed by atoms with Gasteiger partial charge in [0.2, 0.25) is 0 Å². The summed E-state index contributed by atoms with van der Waals surface area (Å²) in [5.41, 5.74) is 5.59. The van der Waals surface area contributed by atoms with Gasteiger partial charge in [-0.3, -0.25) is 25.5 Å². The number of hydrazine groups is 1. The zero-order chi connectivity index (χ0) is 15.9. The molecular formula is C14H15BrN4O3. The van der Waals surface area contributed by atoms with Crippen molar-refractivity contribution >= 4 is 27.7 Å². The first-order chi connectivity index (χ1) is 10.6. The number of hydrogen-bond donors (Lipinski definition) is 3. The molecule has 2 aromatic rings. The second-order valence-corrected chi connectivity index (χ2v) is 5.29. The SMILES string of the molecule is CCc1cc(C(=O)NNC(=O)COc2ccc(Br)cc2)n[nH]1. The molecule has 0 fully saturated rings. The summed E-state index contributed by atoms with van der Waals surface area (Å²) in [6.07, 6.45) is 0.744. The van der Waals surface area contributed by atoms with Crippen molar-refractivity contribution in [3.63, 3.8) is 0 Å². The number of aromatic amines is 1. The number of H-pyrrole nitrogens is 1. The highest BCUT2D eigenvalue weighted by molar-refractivity contribution is 9.10. The molecule has 0 aliphatic carbocycles. The minimum Gasteiger partial charge on any atom is -0.484 e. The van der Waals surface area contributed by atoms with E-state index in [2.05, 4.69) is 37.0 Å². The van der Waals surface area contributed by atoms with E-state index in [-0.39, 0.29) is 12.3 Å². The Morgan fingerprint density at radius 3 is 2.64 bits per heavy atom. The van der Waals surface area contributed by atoms with Crippen LogP contribution in [0, 0.1) is 0 Å². The monoisotopic (exact) mass is 366 g/mol. The Kier molecular flexibility index (Phi) is 5.54. The Hall–Kier alpha value is -2.35. The molecule has 7 nitrogen and oxygen atoms in total. The summed E-state index contributed by atoms with van der Waals surface area (Å²) in [5, 5.41) is 6.57. The maximum Gasteiger partial charge on any atom is 0.290 e. The topological polar surface area (TPSA) is 96.1 Å². The van der Waals surface area contributed by atoms with Crippen LogP contribution in [0.4, 0.5) is 0 Å². The molecule has 0 unspecified atom stereocenters. The van der Waals surface area contributed by atoms with Crippen molar-refractivity contribution in [2.45, 2.75) is 13.3 Å². The van der Waals surface area contributed by atoms with Gasteiger partial charge in [-0.25, -0.2) is 0 Å². The van der Waals surface area contributed by atoms with Crippen molar-refractivity contribution in [1.29, 1.82) is 0 Å². The van der Waals surface area contributed by atoms with Crippen LogP contribution in [0.25, 0.3) is 0 Å². The molecule has 0 bridgehead atoms. The van der Waals surface area contributed by atoms with Gasteiger partial charge in [0, 0.05) is 10.2 Å². The summed E-state index contributed by atoms with van der Waals surface area (Å²) in [6.45, 7) is 1.74. The molecule has 0 aliphatic heterocycles. The third kappa shape index (κ3) is 4.59. The highest BCUT2D eigenvalue weighted by Crippen LogP contribution is 2.15. The molecule has 2 rings (SSSR count). The van der Waals surface area contributed by atoms with Crippen LogP contribution in [0.5, 0.6) is 5.75 Å². The maximum atomic E-state index is 11.7. The molecule has 1 heterocycles. The quantitative estimate of drug-likeness (QED) is 0.699. The first kappa shape index (κ1) is 16.0. The van der Waals surface area contributed by atoms with Gasteiger partial charge >= 0.3 is 0 Å². The zero-order valence-electron chi connectivity index (χ0n) is 11.9. The van der Waals surface area contributed by atoms with Crippen LogP contribution in [-0.4, -0.2) is 28.6 Å². The van der Waals surface area contributed by atoms with E-state index in [1.807, 2.05) is 6.92 Å². The number of carbonyl (C=O) groups excluding carboxylic acids is 2. The summed E-state index contributed by atoms with van der Waals surface area (Å²) >= 11 is 3.30. The van der Waals surface area contributed by atoms with Gasteiger partial charge in [-0.2, -0.15) is 5.10 Å². The number of rotatable bonds is 5. The molecule has 22 heavy (non-hydrogen) atoms. The van der Waals surface area contributed by atoms with E-state index in [0.717, 1.165) is 16.6 Å². The fourth-order valence-electron chi connectivity index (χ4n) is 1.57. The number of benzene rings is 1. The van der Waals surface area contributed by atoms with Gasteiger partial charge < -0.3 is 4.74 Å². The van der Waals surface area contributed by atoms with Crippen molar-refractivity contribution in [3.8, 4) is 5.75 Å². The molecule has 116 valence electrons. The third-order valence-electron chi connectivity index (χ3n) is 2.74. The summed E-state index contributed by atoms with van der Waals surface area (Å²) in [6, 6.07) is 8.69. The molecule has 0 saturated carbocycles. The summed E-state index contributed by atoms with van der Waals surface area (Å²) in [7, 11) is 0. The van der Waals surface area contributed by atoms with E-state index in [0.29, 0.717) is 5.75 Å². The van der Waals surface area contributed by atoms with Gasteiger partial charge in [0.05, 0.1) is 0 Å². The van der Waals surface area contributed by atoms with Crippen LogP contribution < -0.4 is 15.6 Å². The average Bonchev–Trinajstić information content (AvgIpc) is 3.01. The van der Waals surface area contributed by atoms with Crippen LogP contribution in [0.2, 0.25) is 0 Å². The maximum absolute atomic E-state index is 11.7. The lowest BCUT2D eigenvalue weighted by Gasteiger charge is -2.07. The van der Waals surface area contributed by atoms with Gasteiger partial charge in [0.1, 0.15) is 5.75 Å². The molecule has 0 spiro atoms. The molecule has 1 aromatic carbocycles. The first-order valence-corrected chi connectivity index (χ1v) is 7.39. The molecule has 3 N–H and O–H groups in total. The van der Waals surface area contributed by atoms with Gasteiger partial charge in [-0.15, -0.1) is 0 Å². The minimum atomic E-state index is -0.493. The van der Waals surface area contributed by atoms with E-state index in [9.17, 15) is 9.59 Å². The highest BCUT2D eigenvalue weighted by Gasteiger charge is 2.11. The van der Waals surface area contributed by atoms with Crippen LogP contribution in [0.3, 0.4) is 0 Å². The Labute approximate surface area is 135 Å². The number of carbonyl (C=O) groups is 2. The van der Waals surface area contributed by atoms with E-state index in [1.165, 1.54) is 0 Å². The lowest BCUT2D eigenvalue weighted by Crippen LogP contribution is -2.44. The number of nitrogens with one attached hydrogen (secondary N) is 3. The zero-order valence-corrected chi connectivity index (χ0v) is 13.4. The summed E-state index contributed by atoms with van der Waals surface area (Å²) in [5.74, 6) is -0.403. The van der Waals surface area contributed by atoms with E-state index in [1.54, 1.807) is 30.3 Å². The van der Waals surface area contributed by atoms with E-state index in [4.69, 9.17) is 4.74 Å². The predicted octanol–water partition coefficient (Wildman–Crippen LogP) is 1.57. The normalized spacial score (nSPS) is 10.1. The lowest BCUT2D eigenvalue weighted by molar-refractivity contribution is -0.123. The fourth-order valence-corrected chi connectivity index (χ4v) is 1.83. The Bertz CT molecular complexity index is 654. The van der Waals surface area contributed by atoms with Gasteiger partial charge in [0.25, 0.3) is 11.8 Å². The number of ether oxygens (including phenoxy) is 1. The second kappa shape index (κ2) is 7.60. The fraction of sp³-hybridized carbons (Fsp3) is 0.214. The smallest absolute Gasteiger partial charge is 0.290 e. The number of nitrogens with zero attached hydrogens (tertiary/aromatic N) is 1. The van der Waals surface area contributed by atoms with Crippen LogP contribution >= 0.6 is 15.9 Å². The predicted molar refractivity (Wildman–Crippen MR) is 83.2 cm³/mol. The molecule has 0 radical (unpaired) electrons. The third-order valence-corrected chi connectivity index (χ3v) is 3.27. The number of halogens is 1. The van der Waals surface area contributed by atoms with Crippen molar-refractivity contribution in [2.75, 3.05) is 6.61 Å². The van der Waals surface area contributed by atoms with Crippen LogP contribution in [-0.2, 0) is 11.2 Å². The van der Waals surface area contributed by atoms with Crippen molar-refractivity contribution in [1.82, 2.24) is 21.0 Å². The number of aromatic nitrogens is 2. The van der Waals surface area contributed by atoms with Crippen molar-refractivity contribution < 1.29 is 14.3 Å². The Morgan fingerprint density at radius 2 is 2.00 bits per heavy atom. The Morgan fingerprint density at radius 1 is 1.27 bits per heavy atom. The molecule has 1 aromatic heterocycles. The van der Waals surface area contributed by atoms with E-state index >= 15 is 0 Å². The number of amides is 2. The molecule has 0 atom stereocenters. The number of aryl methyl sites for hydroxylation is 1. The highest BCUT2D eigenvalue weighted by atomic mass is 79.9. The van der Waals surface area contributed by atoms with Crippen molar-refractivity contribution in [3.05, 3.63) is 46.2 Å². The molecule has 0 aliphatic rings. The van der Waals surface area contributed by atoms with Gasteiger partial charge in [0.15, 0.2) is 12.3 Å². The second-order valence-electron chi connectivity index (χ2n) is 4.38. The molecule has 0 saturated heterocycles. The number of hydrogen-bond acceptors (Lipinski definition) is 4. The van der Waals surface area contributed by atoms with Gasteiger partial charge in [-0.1, -0.05) is 22.9 Å². The largest absolute Gasteiger partial charge is 0.484 e. The molecule has 2 amide bonds. The minimum absolute atomic E-state index is 0.206. The first-order valence-electron chi connectivity index (χ1n) is 6.60. The standard InChI is InChI=1S/C14H15BrN4O3/c1-2-10-7-12(17-16-10)14(21)19-18-13(20)8-22-11-5-3-9(15)4-6-11/h3-7H,2,8H2,1H3,(H,16,17)(H,18,20)(H,19,21). The van der Waals surface area contributed by atoms with Gasteiger partial charge in [-0.05, 0) is 36.8 Å². The van der Waals surface area contributed by atoms with Crippen LogP contribution in [0.15, 0.2) is 34.8 Å². The molecular weight excluding hydrogens is 352 g/mol. The molecule has 8 heteroatoms. The van der Waals surface area contributed by atoms with Crippen LogP contribution in [0.1, 0.15) is 23.1 Å². The summed E-state index contributed by atoms with van der Waals surface area (Å²) < 4.78 is 6.19. The summed E-state index contributed by atoms with van der Waals surface area (Å²) in [4.78, 5) is 23.3. The Balaban J connectivity index is 1.75. The lowest BCUT2D eigenvalue weighted by atomic mass is 10.3. The average molecular weight is 367 g/mol. The van der Waals surface area contributed by atoms with Crippen molar-refractivity contribution in [2.24, 2.45) is 0 Å². The van der Waals surface area contributed by atoms with E-state index < -0.39 is 11.8 Å².